The first kappa shape index (κ1) is 26.7. The van der Waals surface area contributed by atoms with Crippen molar-refractivity contribution in [2.45, 2.75) is 13.8 Å². The smallest absolute Gasteiger partial charge is 0.329 e. The third-order valence-corrected chi connectivity index (χ3v) is 4.86. The van der Waals surface area contributed by atoms with E-state index in [4.69, 9.17) is 14.2 Å². The molecule has 0 aromatic heterocycles. The van der Waals surface area contributed by atoms with E-state index in [1.54, 1.807) is 67.8 Å². The molecule has 3 rings (SSSR count). The molecule has 3 aromatic rings. The topological polar surface area (TPSA) is 127 Å². The van der Waals surface area contributed by atoms with Gasteiger partial charge < -0.3 is 24.8 Å². The summed E-state index contributed by atoms with van der Waals surface area (Å²) in [6, 6.07) is 18.9. The largest absolute Gasteiger partial charge is 0.497 e. The Morgan fingerprint density at radius 1 is 0.865 bits per heavy atom. The minimum atomic E-state index is -0.911. The van der Waals surface area contributed by atoms with Gasteiger partial charge in [-0.3, -0.25) is 14.4 Å². The molecule has 0 aliphatic rings. The summed E-state index contributed by atoms with van der Waals surface area (Å²) < 4.78 is 16.3. The molecular formula is C27H28N4O6. The Kier molecular flexibility index (Phi) is 9.60. The number of carbonyl (C=O) groups is 3. The van der Waals surface area contributed by atoms with Crippen molar-refractivity contribution >= 4 is 35.3 Å². The van der Waals surface area contributed by atoms with Crippen LogP contribution in [0.5, 0.6) is 17.2 Å². The summed E-state index contributed by atoms with van der Waals surface area (Å²) in [6.45, 7) is 3.83. The van der Waals surface area contributed by atoms with Gasteiger partial charge in [0, 0.05) is 11.4 Å². The summed E-state index contributed by atoms with van der Waals surface area (Å²) in [6.07, 6.45) is 1.36. The Morgan fingerprint density at radius 3 is 2.35 bits per heavy atom. The molecule has 0 unspecified atom stereocenters. The first-order chi connectivity index (χ1) is 17.9. The van der Waals surface area contributed by atoms with E-state index < -0.39 is 11.8 Å². The van der Waals surface area contributed by atoms with Crippen molar-refractivity contribution in [3.63, 3.8) is 0 Å². The van der Waals surface area contributed by atoms with E-state index >= 15 is 0 Å². The number of carbonyl (C=O) groups excluding carboxylic acids is 3. The number of aryl methyl sites for hydroxylation is 1. The second kappa shape index (κ2) is 13.3. The van der Waals surface area contributed by atoms with Crippen LogP contribution in [0.4, 0.5) is 11.4 Å². The van der Waals surface area contributed by atoms with E-state index in [0.29, 0.717) is 40.8 Å². The SMILES string of the molecule is CCOc1cc(/C=N\NC(=O)C(=O)Nc2cccc(C)c2)ccc1OCC(=O)Nc1ccc(OC)cc1. The third kappa shape index (κ3) is 8.39. The fraction of sp³-hybridized carbons (Fsp3) is 0.185. The minimum absolute atomic E-state index is 0.231. The number of amides is 3. The number of methoxy groups -OCH3 is 1. The van der Waals surface area contributed by atoms with Gasteiger partial charge in [-0.1, -0.05) is 12.1 Å². The Bertz CT molecular complexity index is 1270. The second-order valence-electron chi connectivity index (χ2n) is 7.73. The Labute approximate surface area is 214 Å². The molecule has 0 bridgehead atoms. The number of nitrogens with one attached hydrogen (secondary N) is 3. The summed E-state index contributed by atoms with van der Waals surface area (Å²) in [4.78, 5) is 36.3. The predicted molar refractivity (Wildman–Crippen MR) is 140 cm³/mol. The van der Waals surface area contributed by atoms with Gasteiger partial charge in [-0.2, -0.15) is 5.10 Å². The molecule has 3 aromatic carbocycles. The van der Waals surface area contributed by atoms with Crippen LogP contribution in [0.15, 0.2) is 71.8 Å². The number of hydrogen-bond donors (Lipinski definition) is 3. The zero-order valence-corrected chi connectivity index (χ0v) is 20.7. The van der Waals surface area contributed by atoms with Crippen LogP contribution in [0.1, 0.15) is 18.1 Å². The summed E-state index contributed by atoms with van der Waals surface area (Å²) in [5.74, 6) is -0.646. The van der Waals surface area contributed by atoms with Crippen LogP contribution in [0.25, 0.3) is 0 Å². The molecule has 37 heavy (non-hydrogen) atoms. The molecule has 0 saturated heterocycles. The highest BCUT2D eigenvalue weighted by molar-refractivity contribution is 6.39. The lowest BCUT2D eigenvalue weighted by molar-refractivity contribution is -0.136. The third-order valence-electron chi connectivity index (χ3n) is 4.86. The number of nitrogens with zero attached hydrogens (tertiary/aromatic N) is 1. The minimum Gasteiger partial charge on any atom is -0.497 e. The van der Waals surface area contributed by atoms with Gasteiger partial charge in [0.25, 0.3) is 5.91 Å². The molecule has 3 amide bonds. The van der Waals surface area contributed by atoms with Crippen molar-refractivity contribution in [2.24, 2.45) is 5.10 Å². The monoisotopic (exact) mass is 504 g/mol. The van der Waals surface area contributed by atoms with Gasteiger partial charge in [-0.25, -0.2) is 5.43 Å². The lowest BCUT2D eigenvalue weighted by atomic mass is 10.2. The number of benzene rings is 3. The van der Waals surface area contributed by atoms with Gasteiger partial charge >= 0.3 is 11.8 Å². The van der Waals surface area contributed by atoms with Crippen LogP contribution >= 0.6 is 0 Å². The summed E-state index contributed by atoms with van der Waals surface area (Å²) in [7, 11) is 1.57. The van der Waals surface area contributed by atoms with Gasteiger partial charge in [0.05, 0.1) is 19.9 Å². The van der Waals surface area contributed by atoms with Gasteiger partial charge in [0.15, 0.2) is 18.1 Å². The van der Waals surface area contributed by atoms with E-state index in [0.717, 1.165) is 5.56 Å². The number of anilines is 2. The van der Waals surface area contributed by atoms with Crippen LogP contribution in [-0.4, -0.2) is 44.3 Å². The molecule has 0 saturated carbocycles. The second-order valence-corrected chi connectivity index (χ2v) is 7.73. The molecule has 0 spiro atoms. The molecule has 0 radical (unpaired) electrons. The summed E-state index contributed by atoms with van der Waals surface area (Å²) in [5.41, 5.74) is 4.84. The highest BCUT2D eigenvalue weighted by Gasteiger charge is 2.13. The normalized spacial score (nSPS) is 10.5. The van der Waals surface area contributed by atoms with Crippen LogP contribution in [-0.2, 0) is 14.4 Å². The van der Waals surface area contributed by atoms with Crippen molar-refractivity contribution in [2.75, 3.05) is 31.0 Å². The van der Waals surface area contributed by atoms with Gasteiger partial charge in [0.2, 0.25) is 0 Å². The van der Waals surface area contributed by atoms with Crippen LogP contribution < -0.4 is 30.3 Å². The molecule has 0 aliphatic carbocycles. The molecule has 0 atom stereocenters. The Balaban J connectivity index is 1.54. The van der Waals surface area contributed by atoms with Crippen molar-refractivity contribution in [3.05, 3.63) is 77.9 Å². The van der Waals surface area contributed by atoms with Crippen molar-refractivity contribution < 1.29 is 28.6 Å². The molecule has 0 heterocycles. The maximum Gasteiger partial charge on any atom is 0.329 e. The number of hydrazone groups is 1. The lowest BCUT2D eigenvalue weighted by Crippen LogP contribution is -2.32. The fourth-order valence-corrected chi connectivity index (χ4v) is 3.13. The van der Waals surface area contributed by atoms with Crippen molar-refractivity contribution in [3.8, 4) is 17.2 Å². The van der Waals surface area contributed by atoms with Gasteiger partial charge in [-0.05, 0) is 79.6 Å². The van der Waals surface area contributed by atoms with Crippen molar-refractivity contribution in [1.29, 1.82) is 0 Å². The van der Waals surface area contributed by atoms with Crippen LogP contribution in [0, 0.1) is 6.92 Å². The van der Waals surface area contributed by atoms with E-state index in [1.165, 1.54) is 6.21 Å². The molecule has 10 heteroatoms. The van der Waals surface area contributed by atoms with Crippen LogP contribution in [0.3, 0.4) is 0 Å². The summed E-state index contributed by atoms with van der Waals surface area (Å²) >= 11 is 0. The van der Waals surface area contributed by atoms with E-state index in [9.17, 15) is 14.4 Å². The molecule has 0 fully saturated rings. The zero-order valence-electron chi connectivity index (χ0n) is 20.7. The van der Waals surface area contributed by atoms with Crippen LogP contribution in [0.2, 0.25) is 0 Å². The van der Waals surface area contributed by atoms with Gasteiger partial charge in [0.1, 0.15) is 5.75 Å². The highest BCUT2D eigenvalue weighted by Crippen LogP contribution is 2.28. The average Bonchev–Trinajstić information content (AvgIpc) is 2.88. The number of ether oxygens (including phenoxy) is 3. The van der Waals surface area contributed by atoms with Gasteiger partial charge in [-0.15, -0.1) is 0 Å². The molecular weight excluding hydrogens is 476 g/mol. The standard InChI is InChI=1S/C27H28N4O6/c1-4-36-24-15-19(16-28-31-27(34)26(33)30-21-7-5-6-18(2)14-21)8-13-23(24)37-17-25(32)29-20-9-11-22(35-3)12-10-20/h5-16H,4,17H2,1-3H3,(H,29,32)(H,30,33)(H,31,34)/b28-16-. The van der Waals surface area contributed by atoms with E-state index in [-0.39, 0.29) is 12.5 Å². The quantitative estimate of drug-likeness (QED) is 0.220. The number of rotatable bonds is 10. The molecule has 0 aliphatic heterocycles. The average molecular weight is 505 g/mol. The van der Waals surface area contributed by atoms with Crippen molar-refractivity contribution in [1.82, 2.24) is 5.43 Å². The number of hydrogen-bond acceptors (Lipinski definition) is 7. The molecule has 192 valence electrons. The molecule has 10 nitrogen and oxygen atoms in total. The first-order valence-electron chi connectivity index (χ1n) is 11.4. The molecule has 3 N–H and O–H groups in total. The lowest BCUT2D eigenvalue weighted by Gasteiger charge is -2.13. The van der Waals surface area contributed by atoms with E-state index in [2.05, 4.69) is 21.2 Å². The maximum absolute atomic E-state index is 12.3. The predicted octanol–water partition coefficient (Wildman–Crippen LogP) is 3.51. The first-order valence-corrected chi connectivity index (χ1v) is 11.4. The highest BCUT2D eigenvalue weighted by atomic mass is 16.5. The summed E-state index contributed by atoms with van der Waals surface area (Å²) in [5, 5.41) is 9.08. The Morgan fingerprint density at radius 2 is 1.65 bits per heavy atom. The van der Waals surface area contributed by atoms with E-state index in [1.807, 2.05) is 19.9 Å². The zero-order chi connectivity index (χ0) is 26.6. The maximum atomic E-state index is 12.3. The Hall–Kier alpha value is -4.86. The fourth-order valence-electron chi connectivity index (χ4n) is 3.13.